The summed E-state index contributed by atoms with van der Waals surface area (Å²) >= 11 is 3.34. The third-order valence-electron chi connectivity index (χ3n) is 4.05. The predicted molar refractivity (Wildman–Crippen MR) is 99.7 cm³/mol. The lowest BCUT2D eigenvalue weighted by atomic mass is 10.1. The Morgan fingerprint density at radius 2 is 1.92 bits per heavy atom. The number of rotatable bonds is 2. The molecule has 0 bridgehead atoms. The first kappa shape index (κ1) is 15.6. The Labute approximate surface area is 149 Å². The summed E-state index contributed by atoms with van der Waals surface area (Å²) in [5.41, 5.74) is -0.0324. The Bertz CT molecular complexity index is 1240. The third-order valence-corrected chi connectivity index (χ3v) is 4.54. The van der Waals surface area contributed by atoms with Crippen LogP contribution in [0, 0.1) is 0 Å². The summed E-state index contributed by atoms with van der Waals surface area (Å²) in [7, 11) is 1.56. The summed E-state index contributed by atoms with van der Waals surface area (Å²) in [6.07, 6.45) is 3.18. The fourth-order valence-corrected chi connectivity index (χ4v) is 3.20. The lowest BCUT2D eigenvalue weighted by Crippen LogP contribution is -2.33. The highest BCUT2D eigenvalue weighted by molar-refractivity contribution is 9.10. The Morgan fingerprint density at radius 3 is 2.72 bits per heavy atom. The summed E-state index contributed by atoms with van der Waals surface area (Å²) < 4.78 is 7.14. The van der Waals surface area contributed by atoms with Gasteiger partial charge >= 0.3 is 5.69 Å². The lowest BCUT2D eigenvalue weighted by Gasteiger charge is -2.10. The number of aromatic amines is 1. The molecule has 0 saturated heterocycles. The fraction of sp³-hybridized carbons (Fsp3) is 0.0556. The normalized spacial score (nSPS) is 11.1. The Hall–Kier alpha value is -2.93. The smallest absolute Gasteiger partial charge is 0.333 e. The number of halogens is 1. The van der Waals surface area contributed by atoms with Crippen molar-refractivity contribution in [2.24, 2.45) is 0 Å². The molecule has 2 aromatic heterocycles. The van der Waals surface area contributed by atoms with Gasteiger partial charge in [0.2, 0.25) is 0 Å². The van der Waals surface area contributed by atoms with Gasteiger partial charge < -0.3 is 9.72 Å². The molecule has 0 amide bonds. The molecule has 0 fully saturated rings. The number of fused-ring (bicyclic) bond motifs is 2. The molecule has 0 saturated carbocycles. The standard InChI is InChI=1S/C18H12BrN3O3/c1-25-12-4-2-10-8-20-9-16(14(10)7-12)22-17(23)13-5-3-11(19)6-15(13)21-18(22)24/h2-9H,1H3,(H,21,24). The van der Waals surface area contributed by atoms with Gasteiger partial charge in [-0.1, -0.05) is 15.9 Å². The van der Waals surface area contributed by atoms with Crippen molar-refractivity contribution in [2.45, 2.75) is 0 Å². The number of aromatic nitrogens is 3. The molecule has 0 aliphatic carbocycles. The first-order chi connectivity index (χ1) is 12.1. The zero-order valence-electron chi connectivity index (χ0n) is 13.1. The number of hydrogen-bond donors (Lipinski definition) is 1. The second-order valence-corrected chi connectivity index (χ2v) is 6.42. The highest BCUT2D eigenvalue weighted by Gasteiger charge is 2.13. The van der Waals surface area contributed by atoms with E-state index in [0.717, 1.165) is 14.4 Å². The average molecular weight is 398 g/mol. The van der Waals surface area contributed by atoms with Crippen LogP contribution in [0.4, 0.5) is 0 Å². The van der Waals surface area contributed by atoms with E-state index >= 15 is 0 Å². The van der Waals surface area contributed by atoms with Crippen molar-refractivity contribution in [1.82, 2.24) is 14.5 Å². The maximum Gasteiger partial charge on any atom is 0.333 e. The van der Waals surface area contributed by atoms with E-state index < -0.39 is 11.2 Å². The SMILES string of the molecule is COc1ccc2cncc(-n3c(=O)[nH]c4cc(Br)ccc4c3=O)c2c1. The van der Waals surface area contributed by atoms with Gasteiger partial charge in [-0.25, -0.2) is 9.36 Å². The Kier molecular flexibility index (Phi) is 3.65. The number of H-pyrrole nitrogens is 1. The topological polar surface area (TPSA) is 77.0 Å². The number of methoxy groups -OCH3 is 1. The van der Waals surface area contributed by atoms with Gasteiger partial charge in [0.25, 0.3) is 5.56 Å². The second-order valence-electron chi connectivity index (χ2n) is 5.51. The van der Waals surface area contributed by atoms with Crippen LogP contribution in [0.15, 0.2) is 62.9 Å². The van der Waals surface area contributed by atoms with Gasteiger partial charge in [0.05, 0.1) is 29.9 Å². The molecule has 1 N–H and O–H groups in total. The van der Waals surface area contributed by atoms with Crippen molar-refractivity contribution in [2.75, 3.05) is 7.11 Å². The number of nitrogens with one attached hydrogen (secondary N) is 1. The van der Waals surface area contributed by atoms with E-state index in [0.29, 0.717) is 27.7 Å². The van der Waals surface area contributed by atoms with Crippen LogP contribution in [0.1, 0.15) is 0 Å². The number of benzene rings is 2. The van der Waals surface area contributed by atoms with Crippen LogP contribution in [0.2, 0.25) is 0 Å². The van der Waals surface area contributed by atoms with Gasteiger partial charge in [-0.05, 0) is 36.4 Å². The number of nitrogens with zero attached hydrogens (tertiary/aromatic N) is 2. The molecule has 0 unspecified atom stereocenters. The van der Waals surface area contributed by atoms with E-state index in [4.69, 9.17) is 4.74 Å². The summed E-state index contributed by atoms with van der Waals surface area (Å²) in [5.74, 6) is 0.633. The quantitative estimate of drug-likeness (QED) is 0.563. The van der Waals surface area contributed by atoms with Gasteiger partial charge in [-0.15, -0.1) is 0 Å². The molecule has 0 spiro atoms. The molecule has 25 heavy (non-hydrogen) atoms. The van der Waals surface area contributed by atoms with E-state index in [1.54, 1.807) is 43.6 Å². The van der Waals surface area contributed by atoms with Crippen molar-refractivity contribution in [3.05, 3.63) is 74.1 Å². The average Bonchev–Trinajstić information content (AvgIpc) is 2.61. The molecule has 4 rings (SSSR count). The molecule has 0 aliphatic rings. The van der Waals surface area contributed by atoms with Gasteiger partial charge in [0, 0.05) is 21.4 Å². The minimum atomic E-state index is -0.521. The molecule has 4 aromatic rings. The van der Waals surface area contributed by atoms with E-state index in [2.05, 4.69) is 25.9 Å². The molecular formula is C18H12BrN3O3. The highest BCUT2D eigenvalue weighted by atomic mass is 79.9. The van der Waals surface area contributed by atoms with E-state index in [-0.39, 0.29) is 0 Å². The summed E-state index contributed by atoms with van der Waals surface area (Å²) in [6, 6.07) is 10.6. The van der Waals surface area contributed by atoms with Crippen molar-refractivity contribution >= 4 is 37.6 Å². The molecule has 0 radical (unpaired) electrons. The Balaban J connectivity index is 2.12. The second kappa shape index (κ2) is 5.86. The molecule has 2 aromatic carbocycles. The first-order valence-electron chi connectivity index (χ1n) is 7.45. The van der Waals surface area contributed by atoms with Crippen LogP contribution in [-0.4, -0.2) is 21.6 Å². The van der Waals surface area contributed by atoms with Crippen LogP contribution >= 0.6 is 15.9 Å². The van der Waals surface area contributed by atoms with Crippen molar-refractivity contribution < 1.29 is 4.74 Å². The van der Waals surface area contributed by atoms with Crippen LogP contribution in [0.5, 0.6) is 5.75 Å². The van der Waals surface area contributed by atoms with Gasteiger partial charge in [0.15, 0.2) is 0 Å². The molecule has 0 aliphatic heterocycles. The Morgan fingerprint density at radius 1 is 1.08 bits per heavy atom. The predicted octanol–water partition coefficient (Wildman–Crippen LogP) is 3.00. The molecular weight excluding hydrogens is 386 g/mol. The summed E-state index contributed by atoms with van der Waals surface area (Å²) in [5, 5.41) is 1.93. The molecule has 6 nitrogen and oxygen atoms in total. The maximum atomic E-state index is 12.9. The van der Waals surface area contributed by atoms with Crippen molar-refractivity contribution in [3.8, 4) is 11.4 Å². The monoisotopic (exact) mass is 397 g/mol. The largest absolute Gasteiger partial charge is 0.497 e. The minimum Gasteiger partial charge on any atom is -0.497 e. The minimum absolute atomic E-state index is 0.400. The van der Waals surface area contributed by atoms with Gasteiger partial charge in [-0.2, -0.15) is 0 Å². The van der Waals surface area contributed by atoms with E-state index in [1.807, 2.05) is 6.07 Å². The highest BCUT2D eigenvalue weighted by Crippen LogP contribution is 2.24. The van der Waals surface area contributed by atoms with Gasteiger partial charge in [-0.3, -0.25) is 9.78 Å². The fourth-order valence-electron chi connectivity index (χ4n) is 2.84. The van der Waals surface area contributed by atoms with Crippen LogP contribution in [-0.2, 0) is 0 Å². The molecule has 124 valence electrons. The van der Waals surface area contributed by atoms with Gasteiger partial charge in [0.1, 0.15) is 5.75 Å². The van der Waals surface area contributed by atoms with Crippen molar-refractivity contribution in [1.29, 1.82) is 0 Å². The van der Waals surface area contributed by atoms with E-state index in [1.165, 1.54) is 6.20 Å². The molecule has 2 heterocycles. The van der Waals surface area contributed by atoms with E-state index in [9.17, 15) is 9.59 Å². The van der Waals surface area contributed by atoms with Crippen LogP contribution < -0.4 is 16.0 Å². The van der Waals surface area contributed by atoms with Crippen molar-refractivity contribution in [3.63, 3.8) is 0 Å². The lowest BCUT2D eigenvalue weighted by molar-refractivity contribution is 0.415. The molecule has 0 atom stereocenters. The van der Waals surface area contributed by atoms with Crippen LogP contribution in [0.25, 0.3) is 27.4 Å². The summed E-state index contributed by atoms with van der Waals surface area (Å²) in [4.78, 5) is 32.4. The zero-order valence-corrected chi connectivity index (χ0v) is 14.7. The van der Waals surface area contributed by atoms with Crippen LogP contribution in [0.3, 0.4) is 0 Å². The maximum absolute atomic E-state index is 12.9. The first-order valence-corrected chi connectivity index (χ1v) is 8.24. The zero-order chi connectivity index (χ0) is 17.6. The summed E-state index contributed by atoms with van der Waals surface area (Å²) in [6.45, 7) is 0. The third kappa shape index (κ3) is 2.53. The number of ether oxygens (including phenoxy) is 1. The number of hydrogen-bond acceptors (Lipinski definition) is 4. The number of pyridine rings is 1. The molecule has 7 heteroatoms.